The predicted octanol–water partition coefficient (Wildman–Crippen LogP) is 2.77. The summed E-state index contributed by atoms with van der Waals surface area (Å²) in [5.41, 5.74) is 0.0333. The Morgan fingerprint density at radius 3 is 2.70 bits per heavy atom. The lowest BCUT2D eigenvalue weighted by molar-refractivity contribution is -0.104. The lowest BCUT2D eigenvalue weighted by Crippen LogP contribution is -2.49. The molecule has 110 valence electrons. The molecule has 1 saturated heterocycles. The van der Waals surface area contributed by atoms with Crippen LogP contribution in [-0.4, -0.2) is 32.8 Å². The normalized spacial score (nSPS) is 20.9. The summed E-state index contributed by atoms with van der Waals surface area (Å²) in [5, 5.41) is 2.02. The van der Waals surface area contributed by atoms with Gasteiger partial charge in [-0.25, -0.2) is 13.6 Å². The average Bonchev–Trinajstić information content (AvgIpc) is 2.41. The van der Waals surface area contributed by atoms with Gasteiger partial charge in [-0.05, 0) is 6.07 Å². The van der Waals surface area contributed by atoms with E-state index in [2.05, 4.69) is 10.1 Å². The molecular formula is C12H12ClF2NO4. The summed E-state index contributed by atoms with van der Waals surface area (Å²) in [4.78, 5) is 11.2. The Morgan fingerprint density at radius 2 is 2.10 bits per heavy atom. The number of amides is 1. The fourth-order valence-electron chi connectivity index (χ4n) is 1.94. The molecule has 2 rings (SSSR count). The fourth-order valence-corrected chi connectivity index (χ4v) is 2.29. The second-order valence-electron chi connectivity index (χ2n) is 4.12. The molecule has 8 heteroatoms. The first-order valence-electron chi connectivity index (χ1n) is 5.62. The third kappa shape index (κ3) is 2.45. The van der Waals surface area contributed by atoms with Gasteiger partial charge in [-0.15, -0.1) is 0 Å². The van der Waals surface area contributed by atoms with Crippen LogP contribution < -0.4 is 14.8 Å². The number of carbonyl (C=O) groups is 1. The topological polar surface area (TPSA) is 56.8 Å². The van der Waals surface area contributed by atoms with Crippen molar-refractivity contribution in [1.82, 2.24) is 5.32 Å². The molecule has 0 radical (unpaired) electrons. The van der Waals surface area contributed by atoms with Crippen molar-refractivity contribution in [3.8, 4) is 11.5 Å². The van der Waals surface area contributed by atoms with Crippen LogP contribution in [0.25, 0.3) is 0 Å². The van der Waals surface area contributed by atoms with Gasteiger partial charge < -0.3 is 19.5 Å². The molecule has 1 aromatic rings. The van der Waals surface area contributed by atoms with Crippen molar-refractivity contribution >= 4 is 17.7 Å². The summed E-state index contributed by atoms with van der Waals surface area (Å²) in [7, 11) is 2.74. The van der Waals surface area contributed by atoms with E-state index in [1.54, 1.807) is 0 Å². The maximum Gasteiger partial charge on any atom is 0.408 e. The van der Waals surface area contributed by atoms with E-state index in [4.69, 9.17) is 21.1 Å². The van der Waals surface area contributed by atoms with Gasteiger partial charge in [-0.2, -0.15) is 0 Å². The van der Waals surface area contributed by atoms with Gasteiger partial charge in [0.25, 0.3) is 0 Å². The number of benzene rings is 1. The van der Waals surface area contributed by atoms with Crippen LogP contribution in [0.4, 0.5) is 13.6 Å². The Kier molecular flexibility index (Phi) is 3.89. The van der Waals surface area contributed by atoms with Crippen LogP contribution in [0.1, 0.15) is 11.6 Å². The van der Waals surface area contributed by atoms with Gasteiger partial charge >= 0.3 is 12.0 Å². The summed E-state index contributed by atoms with van der Waals surface area (Å²) in [6.07, 6.45) is -0.924. The highest BCUT2D eigenvalue weighted by molar-refractivity contribution is 6.33. The molecule has 0 saturated carbocycles. The molecule has 1 amide bonds. The molecule has 0 bridgehead atoms. The van der Waals surface area contributed by atoms with Crippen LogP contribution >= 0.6 is 11.6 Å². The van der Waals surface area contributed by atoms with E-state index in [1.807, 2.05) is 0 Å². The van der Waals surface area contributed by atoms with E-state index in [0.717, 1.165) is 0 Å². The van der Waals surface area contributed by atoms with E-state index in [9.17, 15) is 13.6 Å². The minimum Gasteiger partial charge on any atom is -0.493 e. The van der Waals surface area contributed by atoms with Crippen LogP contribution in [0.2, 0.25) is 5.02 Å². The quantitative estimate of drug-likeness (QED) is 0.933. The van der Waals surface area contributed by atoms with Crippen molar-refractivity contribution in [3.05, 3.63) is 22.7 Å². The second kappa shape index (κ2) is 5.32. The van der Waals surface area contributed by atoms with E-state index in [0.29, 0.717) is 5.75 Å². The molecule has 1 fully saturated rings. The maximum absolute atomic E-state index is 13.9. The van der Waals surface area contributed by atoms with E-state index in [-0.39, 0.29) is 16.3 Å². The Balaban J connectivity index is 2.48. The Morgan fingerprint density at radius 1 is 1.40 bits per heavy atom. The number of rotatable bonds is 3. The van der Waals surface area contributed by atoms with E-state index >= 15 is 0 Å². The minimum absolute atomic E-state index is 0.0333. The number of nitrogens with one attached hydrogen (secondary N) is 1. The zero-order valence-corrected chi connectivity index (χ0v) is 11.5. The van der Waals surface area contributed by atoms with Crippen molar-refractivity contribution in [2.24, 2.45) is 0 Å². The number of carbonyl (C=O) groups excluding carboxylic acids is 1. The summed E-state index contributed by atoms with van der Waals surface area (Å²) >= 11 is 6.07. The third-order valence-corrected chi connectivity index (χ3v) is 3.30. The molecule has 0 spiro atoms. The van der Waals surface area contributed by atoms with Crippen molar-refractivity contribution in [3.63, 3.8) is 0 Å². The molecule has 0 aliphatic carbocycles. The zero-order valence-electron chi connectivity index (χ0n) is 10.7. The first-order valence-corrected chi connectivity index (χ1v) is 6.00. The molecule has 1 atom stereocenters. The molecule has 1 heterocycles. The molecule has 0 aromatic heterocycles. The lowest BCUT2D eigenvalue weighted by Gasteiger charge is -2.32. The number of hydrogen-bond acceptors (Lipinski definition) is 4. The van der Waals surface area contributed by atoms with Crippen LogP contribution in [-0.2, 0) is 4.74 Å². The summed E-state index contributed by atoms with van der Waals surface area (Å²) in [6.45, 7) is -1.01. The smallest absolute Gasteiger partial charge is 0.408 e. The largest absolute Gasteiger partial charge is 0.493 e. The van der Waals surface area contributed by atoms with Gasteiger partial charge in [0.15, 0.2) is 18.1 Å². The van der Waals surface area contributed by atoms with E-state index < -0.39 is 24.7 Å². The van der Waals surface area contributed by atoms with Crippen LogP contribution in [0.15, 0.2) is 12.1 Å². The van der Waals surface area contributed by atoms with Gasteiger partial charge in [0, 0.05) is 5.56 Å². The maximum atomic E-state index is 13.9. The molecule has 0 unspecified atom stereocenters. The summed E-state index contributed by atoms with van der Waals surface area (Å²) in [6, 6.07) is 1.21. The fraction of sp³-hybridized carbons (Fsp3) is 0.417. The minimum atomic E-state index is -3.28. The van der Waals surface area contributed by atoms with Crippen LogP contribution in [0.3, 0.4) is 0 Å². The Labute approximate surface area is 118 Å². The van der Waals surface area contributed by atoms with Crippen LogP contribution in [0.5, 0.6) is 11.5 Å². The first-order chi connectivity index (χ1) is 9.40. The number of methoxy groups -OCH3 is 2. The first kappa shape index (κ1) is 14.6. The number of ether oxygens (including phenoxy) is 3. The molecule has 5 nitrogen and oxygen atoms in total. The van der Waals surface area contributed by atoms with Crippen molar-refractivity contribution < 1.29 is 27.8 Å². The lowest BCUT2D eigenvalue weighted by atomic mass is 9.99. The summed E-state index contributed by atoms with van der Waals surface area (Å²) < 4.78 is 42.1. The van der Waals surface area contributed by atoms with Gasteiger partial charge in [0.05, 0.1) is 19.2 Å². The predicted molar refractivity (Wildman–Crippen MR) is 66.7 cm³/mol. The molecule has 20 heavy (non-hydrogen) atoms. The summed E-state index contributed by atoms with van der Waals surface area (Å²) in [5.74, 6) is -2.84. The SMILES string of the molecule is COc1ccc([C@@H]2NC(=O)OCC2(F)F)c(Cl)c1OC. The average molecular weight is 308 g/mol. The number of hydrogen-bond donors (Lipinski definition) is 1. The van der Waals surface area contributed by atoms with Crippen molar-refractivity contribution in [1.29, 1.82) is 0 Å². The van der Waals surface area contributed by atoms with E-state index in [1.165, 1.54) is 26.4 Å². The monoisotopic (exact) mass is 307 g/mol. The molecular weight excluding hydrogens is 296 g/mol. The number of alkyl carbamates (subject to hydrolysis) is 1. The highest BCUT2D eigenvalue weighted by atomic mass is 35.5. The highest BCUT2D eigenvalue weighted by Crippen LogP contribution is 2.44. The Hall–Kier alpha value is -1.76. The number of halogens is 3. The van der Waals surface area contributed by atoms with Gasteiger partial charge in [0.1, 0.15) is 6.04 Å². The molecule has 1 N–H and O–H groups in total. The van der Waals surface area contributed by atoms with Gasteiger partial charge in [-0.1, -0.05) is 17.7 Å². The molecule has 1 aromatic carbocycles. The molecule has 1 aliphatic heterocycles. The van der Waals surface area contributed by atoms with Crippen molar-refractivity contribution in [2.75, 3.05) is 20.8 Å². The highest BCUT2D eigenvalue weighted by Gasteiger charge is 2.48. The second-order valence-corrected chi connectivity index (χ2v) is 4.50. The van der Waals surface area contributed by atoms with Crippen LogP contribution in [0, 0.1) is 0 Å². The standard InChI is InChI=1S/C12H12ClF2NO4/c1-18-7-4-3-6(8(13)9(7)19-2)10-12(14,15)5-20-11(17)16-10/h3-4,10H,5H2,1-2H3,(H,16,17)/t10-/m0/s1. The molecule has 1 aliphatic rings. The number of cyclic esters (lactones) is 1. The zero-order chi connectivity index (χ0) is 14.9. The third-order valence-electron chi connectivity index (χ3n) is 2.91. The van der Waals surface area contributed by atoms with Crippen molar-refractivity contribution in [2.45, 2.75) is 12.0 Å². The van der Waals surface area contributed by atoms with Gasteiger partial charge in [-0.3, -0.25) is 0 Å². The Bertz CT molecular complexity index is 538. The number of alkyl halides is 2. The van der Waals surface area contributed by atoms with Gasteiger partial charge in [0.2, 0.25) is 0 Å².